The molecule has 0 spiro atoms. The number of aromatic nitrogens is 1. The minimum atomic E-state index is -3.67. The first kappa shape index (κ1) is 20.7. The number of carbonyl (C=O) groups is 1. The van der Waals surface area contributed by atoms with E-state index in [9.17, 15) is 18.0 Å². The molecule has 1 aromatic rings. The van der Waals surface area contributed by atoms with Gasteiger partial charge in [-0.25, -0.2) is 4.98 Å². The minimum Gasteiger partial charge on any atom is -0.495 e. The Bertz CT molecular complexity index is 583. The molecule has 4 nitrogen and oxygen atoms in total. The summed E-state index contributed by atoms with van der Waals surface area (Å²) in [5.41, 5.74) is 0.928. The van der Waals surface area contributed by atoms with E-state index in [2.05, 4.69) is 29.0 Å². The summed E-state index contributed by atoms with van der Waals surface area (Å²) >= 11 is 0. The maximum absolute atomic E-state index is 11.3. The third-order valence-corrected chi connectivity index (χ3v) is 3.75. The van der Waals surface area contributed by atoms with Crippen LogP contribution in [0.15, 0.2) is 31.0 Å². The second-order valence-corrected chi connectivity index (χ2v) is 5.51. The number of methoxy groups -OCH3 is 1. The monoisotopic (exact) mass is 356 g/mol. The summed E-state index contributed by atoms with van der Waals surface area (Å²) < 4.78 is 34.3. The van der Waals surface area contributed by atoms with Crippen molar-refractivity contribution in [2.75, 3.05) is 12.4 Å². The molecule has 138 valence electrons. The standard InChI is InChI=1S/C17H22N2O2.CHF3/c1-3-17(20)19-16-11-14(15(21-2)12-18-16)10-9-13-7-5-4-6-8-13;2-1(3)4/h3,9-13H,1,4-8H2,2H3,(H,18,19,20);1H/b10-9+;. The van der Waals surface area contributed by atoms with Gasteiger partial charge in [-0.1, -0.05) is 38.0 Å². The van der Waals surface area contributed by atoms with E-state index < -0.39 is 6.68 Å². The molecule has 0 bridgehead atoms. The summed E-state index contributed by atoms with van der Waals surface area (Å²) in [6.45, 7) is -0.235. The van der Waals surface area contributed by atoms with Crippen molar-refractivity contribution in [3.63, 3.8) is 0 Å². The SMILES string of the molecule is C=CC(=O)Nc1cc(/C=C/C2CCCCC2)c(OC)cn1.FC(F)F. The molecule has 0 atom stereocenters. The molecular formula is C18H23F3N2O2. The molecule has 1 amide bonds. The number of anilines is 1. The number of allylic oxidation sites excluding steroid dienone is 1. The Morgan fingerprint density at radius 3 is 2.56 bits per heavy atom. The van der Waals surface area contributed by atoms with Gasteiger partial charge in [-0.05, 0) is 30.9 Å². The molecule has 0 unspecified atom stereocenters. The molecule has 0 saturated heterocycles. The van der Waals surface area contributed by atoms with E-state index in [4.69, 9.17) is 4.74 Å². The van der Waals surface area contributed by atoms with Crippen LogP contribution in [0.1, 0.15) is 37.7 Å². The predicted molar refractivity (Wildman–Crippen MR) is 92.3 cm³/mol. The number of hydrogen-bond acceptors (Lipinski definition) is 3. The van der Waals surface area contributed by atoms with Crippen LogP contribution < -0.4 is 10.1 Å². The molecule has 2 rings (SSSR count). The summed E-state index contributed by atoms with van der Waals surface area (Å²) in [5, 5.41) is 2.66. The number of nitrogens with one attached hydrogen (secondary N) is 1. The number of pyridine rings is 1. The van der Waals surface area contributed by atoms with Gasteiger partial charge in [0.1, 0.15) is 11.6 Å². The Hall–Kier alpha value is -2.31. The molecule has 1 aromatic heterocycles. The zero-order chi connectivity index (χ0) is 18.7. The zero-order valence-electron chi connectivity index (χ0n) is 14.2. The summed E-state index contributed by atoms with van der Waals surface area (Å²) in [6.07, 6.45) is 13.6. The van der Waals surface area contributed by atoms with Crippen molar-refractivity contribution in [2.45, 2.75) is 38.8 Å². The maximum atomic E-state index is 11.3. The van der Waals surface area contributed by atoms with E-state index in [1.54, 1.807) is 13.3 Å². The molecule has 1 saturated carbocycles. The van der Waals surface area contributed by atoms with Crippen LogP contribution in [0.25, 0.3) is 6.08 Å². The lowest BCUT2D eigenvalue weighted by molar-refractivity contribution is -0.111. The van der Waals surface area contributed by atoms with Crippen LogP contribution >= 0.6 is 0 Å². The topological polar surface area (TPSA) is 51.2 Å². The average molecular weight is 356 g/mol. The minimum absolute atomic E-state index is 0.269. The van der Waals surface area contributed by atoms with Gasteiger partial charge in [-0.15, -0.1) is 0 Å². The van der Waals surface area contributed by atoms with Crippen LogP contribution in [0.2, 0.25) is 0 Å². The van der Waals surface area contributed by atoms with Gasteiger partial charge in [0.25, 0.3) is 0 Å². The van der Waals surface area contributed by atoms with Gasteiger partial charge in [-0.3, -0.25) is 4.79 Å². The van der Waals surface area contributed by atoms with E-state index in [-0.39, 0.29) is 5.91 Å². The van der Waals surface area contributed by atoms with Crippen molar-refractivity contribution in [3.8, 4) is 5.75 Å². The van der Waals surface area contributed by atoms with Gasteiger partial charge in [0.15, 0.2) is 0 Å². The van der Waals surface area contributed by atoms with Gasteiger partial charge < -0.3 is 10.1 Å². The van der Waals surface area contributed by atoms with E-state index in [1.807, 2.05) is 6.07 Å². The fourth-order valence-electron chi connectivity index (χ4n) is 2.57. The van der Waals surface area contributed by atoms with E-state index in [1.165, 1.54) is 38.2 Å². The highest BCUT2D eigenvalue weighted by Gasteiger charge is 2.11. The van der Waals surface area contributed by atoms with Gasteiger partial charge in [0, 0.05) is 5.56 Å². The maximum Gasteiger partial charge on any atom is 0.379 e. The van der Waals surface area contributed by atoms with Gasteiger partial charge in [0.2, 0.25) is 5.91 Å². The Morgan fingerprint density at radius 1 is 1.36 bits per heavy atom. The lowest BCUT2D eigenvalue weighted by Gasteiger charge is -2.17. The van der Waals surface area contributed by atoms with E-state index in [0.29, 0.717) is 17.5 Å². The van der Waals surface area contributed by atoms with E-state index in [0.717, 1.165) is 5.56 Å². The molecule has 1 aliphatic carbocycles. The van der Waals surface area contributed by atoms with E-state index >= 15 is 0 Å². The van der Waals surface area contributed by atoms with Crippen LogP contribution in [-0.2, 0) is 4.79 Å². The third-order valence-electron chi connectivity index (χ3n) is 3.75. The Morgan fingerprint density at radius 2 is 2.00 bits per heavy atom. The highest BCUT2D eigenvalue weighted by Crippen LogP contribution is 2.27. The number of rotatable bonds is 5. The Balaban J connectivity index is 0.000000705. The number of nitrogens with zero attached hydrogens (tertiary/aromatic N) is 1. The lowest BCUT2D eigenvalue weighted by atomic mass is 9.89. The summed E-state index contributed by atoms with van der Waals surface area (Å²) in [5.74, 6) is 1.58. The molecular weight excluding hydrogens is 333 g/mol. The Labute approximate surface area is 145 Å². The summed E-state index contributed by atoms with van der Waals surface area (Å²) in [7, 11) is 1.62. The predicted octanol–water partition coefficient (Wildman–Crippen LogP) is 4.99. The van der Waals surface area contributed by atoms with Crippen LogP contribution in [-0.4, -0.2) is 24.7 Å². The third kappa shape index (κ3) is 8.37. The lowest BCUT2D eigenvalue weighted by Crippen LogP contribution is -2.09. The summed E-state index contributed by atoms with van der Waals surface area (Å²) in [6, 6.07) is 1.82. The smallest absolute Gasteiger partial charge is 0.379 e. The molecule has 1 aliphatic rings. The summed E-state index contributed by atoms with van der Waals surface area (Å²) in [4.78, 5) is 15.5. The zero-order valence-corrected chi connectivity index (χ0v) is 14.2. The molecule has 1 heterocycles. The number of hydrogen-bond donors (Lipinski definition) is 1. The number of ether oxygens (including phenoxy) is 1. The van der Waals surface area contributed by atoms with Crippen LogP contribution in [0.4, 0.5) is 19.0 Å². The van der Waals surface area contributed by atoms with Crippen molar-refractivity contribution in [2.24, 2.45) is 5.92 Å². The Kier molecular flexibility index (Phi) is 9.36. The first-order valence-corrected chi connectivity index (χ1v) is 8.04. The van der Waals surface area contributed by atoms with Crippen molar-refractivity contribution in [1.29, 1.82) is 0 Å². The molecule has 1 N–H and O–H groups in total. The second-order valence-electron chi connectivity index (χ2n) is 5.51. The molecule has 0 aliphatic heterocycles. The molecule has 0 radical (unpaired) electrons. The first-order valence-electron chi connectivity index (χ1n) is 8.04. The van der Waals surface area contributed by atoms with Crippen LogP contribution in [0.3, 0.4) is 0 Å². The fraction of sp³-hybridized carbons (Fsp3) is 0.444. The number of carbonyl (C=O) groups excluding carboxylic acids is 1. The normalized spacial score (nSPS) is 14.8. The second kappa shape index (κ2) is 11.3. The van der Waals surface area contributed by atoms with Gasteiger partial charge >= 0.3 is 6.68 Å². The largest absolute Gasteiger partial charge is 0.495 e. The quantitative estimate of drug-likeness (QED) is 0.757. The molecule has 25 heavy (non-hydrogen) atoms. The molecule has 0 aromatic carbocycles. The fourth-order valence-corrected chi connectivity index (χ4v) is 2.57. The van der Waals surface area contributed by atoms with Crippen LogP contribution in [0, 0.1) is 5.92 Å². The van der Waals surface area contributed by atoms with Crippen molar-refractivity contribution in [1.82, 2.24) is 4.98 Å². The highest BCUT2D eigenvalue weighted by atomic mass is 19.4. The number of halogens is 3. The van der Waals surface area contributed by atoms with Crippen molar-refractivity contribution in [3.05, 3.63) is 36.6 Å². The van der Waals surface area contributed by atoms with Gasteiger partial charge in [0.05, 0.1) is 13.3 Å². The number of alkyl halides is 3. The van der Waals surface area contributed by atoms with Crippen molar-refractivity contribution >= 4 is 17.8 Å². The molecule has 1 fully saturated rings. The molecule has 7 heteroatoms. The van der Waals surface area contributed by atoms with Crippen LogP contribution in [0.5, 0.6) is 5.75 Å². The number of amides is 1. The van der Waals surface area contributed by atoms with Crippen molar-refractivity contribution < 1.29 is 22.7 Å². The average Bonchev–Trinajstić information content (AvgIpc) is 2.60. The first-order chi connectivity index (χ1) is 12.0. The highest BCUT2D eigenvalue weighted by molar-refractivity contribution is 5.98. The van der Waals surface area contributed by atoms with Gasteiger partial charge in [-0.2, -0.15) is 13.2 Å².